The minimum Gasteiger partial charge on any atom is -0.465 e. The first kappa shape index (κ1) is 11.5. The van der Waals surface area contributed by atoms with Crippen molar-refractivity contribution < 1.29 is 9.90 Å². The van der Waals surface area contributed by atoms with Gasteiger partial charge in [-0.15, -0.1) is 11.3 Å². The van der Waals surface area contributed by atoms with Crippen LogP contribution in [0.15, 0.2) is 12.1 Å². The van der Waals surface area contributed by atoms with Crippen LogP contribution in [0, 0.1) is 11.3 Å². The fraction of sp³-hybridized carbons (Fsp3) is 0.400. The summed E-state index contributed by atoms with van der Waals surface area (Å²) in [6, 6.07) is 5.27. The van der Waals surface area contributed by atoms with E-state index in [9.17, 15) is 4.79 Å². The molecule has 1 rings (SSSR count). The van der Waals surface area contributed by atoms with Gasteiger partial charge in [0, 0.05) is 5.54 Å². The van der Waals surface area contributed by atoms with E-state index in [1.165, 1.54) is 16.2 Å². The highest BCUT2D eigenvalue weighted by Gasteiger charge is 2.28. The van der Waals surface area contributed by atoms with Gasteiger partial charge in [-0.2, -0.15) is 5.26 Å². The Morgan fingerprint density at radius 3 is 2.47 bits per heavy atom. The molecule has 0 saturated heterocycles. The summed E-state index contributed by atoms with van der Waals surface area (Å²) in [6.07, 6.45) is -1.01. The van der Waals surface area contributed by atoms with Crippen molar-refractivity contribution in [2.24, 2.45) is 0 Å². The van der Waals surface area contributed by atoms with Crippen LogP contribution in [0.25, 0.3) is 0 Å². The van der Waals surface area contributed by atoms with Crippen LogP contribution in [0.4, 0.5) is 9.80 Å². The molecule has 5 heteroatoms. The lowest BCUT2D eigenvalue weighted by Gasteiger charge is -2.31. The van der Waals surface area contributed by atoms with Crippen molar-refractivity contribution in [3.63, 3.8) is 0 Å². The number of carboxylic acid groups (broad SMARTS) is 1. The summed E-state index contributed by atoms with van der Waals surface area (Å²) in [6.45, 7) is 5.44. The first-order chi connectivity index (χ1) is 6.86. The van der Waals surface area contributed by atoms with E-state index in [1.807, 2.05) is 26.8 Å². The maximum atomic E-state index is 11.1. The Balaban J connectivity index is 3.12. The number of nitriles is 1. The van der Waals surface area contributed by atoms with Crippen LogP contribution in [0.2, 0.25) is 0 Å². The molecule has 0 aliphatic rings. The third kappa shape index (κ3) is 2.48. The molecule has 0 fully saturated rings. The van der Waals surface area contributed by atoms with Crippen molar-refractivity contribution in [2.75, 3.05) is 4.90 Å². The average molecular weight is 224 g/mol. The number of carbonyl (C=O) groups is 1. The Labute approximate surface area is 92.4 Å². The Bertz CT molecular complexity index is 412. The van der Waals surface area contributed by atoms with Gasteiger partial charge in [0.05, 0.1) is 0 Å². The van der Waals surface area contributed by atoms with Crippen LogP contribution in [0.5, 0.6) is 0 Å². The third-order valence-electron chi connectivity index (χ3n) is 1.78. The molecule has 1 aromatic heterocycles. The Kier molecular flexibility index (Phi) is 3.01. The second-order valence-corrected chi connectivity index (χ2v) is 5.10. The number of nitrogens with zero attached hydrogens (tertiary/aromatic N) is 2. The van der Waals surface area contributed by atoms with Crippen LogP contribution < -0.4 is 4.90 Å². The van der Waals surface area contributed by atoms with Gasteiger partial charge in [-0.25, -0.2) is 4.79 Å². The van der Waals surface area contributed by atoms with Gasteiger partial charge in [0.15, 0.2) is 0 Å². The second kappa shape index (κ2) is 3.91. The highest BCUT2D eigenvalue weighted by Crippen LogP contribution is 2.30. The molecule has 4 nitrogen and oxygen atoms in total. The topological polar surface area (TPSA) is 64.3 Å². The molecular formula is C10H12N2O2S. The van der Waals surface area contributed by atoms with Gasteiger partial charge < -0.3 is 5.11 Å². The predicted molar refractivity (Wildman–Crippen MR) is 59.3 cm³/mol. The van der Waals surface area contributed by atoms with Crippen LogP contribution in [0.1, 0.15) is 25.6 Å². The minimum atomic E-state index is -1.01. The van der Waals surface area contributed by atoms with Gasteiger partial charge in [0.1, 0.15) is 15.9 Å². The van der Waals surface area contributed by atoms with E-state index in [1.54, 1.807) is 12.1 Å². The minimum absolute atomic E-state index is 0.511. The number of rotatable bonds is 1. The molecule has 0 radical (unpaired) electrons. The lowest BCUT2D eigenvalue weighted by Crippen LogP contribution is -2.44. The third-order valence-corrected chi connectivity index (χ3v) is 2.76. The summed E-state index contributed by atoms with van der Waals surface area (Å²) >= 11 is 1.18. The summed E-state index contributed by atoms with van der Waals surface area (Å²) in [4.78, 5) is 12.9. The number of thiophene rings is 1. The maximum Gasteiger partial charge on any atom is 0.412 e. The second-order valence-electron chi connectivity index (χ2n) is 4.04. The predicted octanol–water partition coefficient (Wildman–Crippen LogP) is 2.90. The van der Waals surface area contributed by atoms with Crippen LogP contribution in [-0.2, 0) is 0 Å². The van der Waals surface area contributed by atoms with Crippen LogP contribution in [0.3, 0.4) is 0 Å². The van der Waals surface area contributed by atoms with Crippen molar-refractivity contribution in [1.29, 1.82) is 5.26 Å². The zero-order chi connectivity index (χ0) is 11.6. The molecule has 0 unspecified atom stereocenters. The highest BCUT2D eigenvalue weighted by atomic mass is 32.1. The molecule has 0 saturated carbocycles. The normalized spacial score (nSPS) is 10.8. The van der Waals surface area contributed by atoms with Crippen molar-refractivity contribution >= 4 is 22.4 Å². The number of hydrogen-bond donors (Lipinski definition) is 1. The van der Waals surface area contributed by atoms with E-state index in [0.29, 0.717) is 9.88 Å². The van der Waals surface area contributed by atoms with Gasteiger partial charge in [-0.3, -0.25) is 4.90 Å². The van der Waals surface area contributed by atoms with E-state index >= 15 is 0 Å². The Morgan fingerprint density at radius 2 is 2.13 bits per heavy atom. The molecule has 15 heavy (non-hydrogen) atoms. The molecule has 0 atom stereocenters. The van der Waals surface area contributed by atoms with E-state index in [0.717, 1.165) is 0 Å². The molecule has 0 aromatic carbocycles. The lowest BCUT2D eigenvalue weighted by atomic mass is 10.1. The number of hydrogen-bond acceptors (Lipinski definition) is 3. The average Bonchev–Trinajstić information content (AvgIpc) is 2.49. The fourth-order valence-electron chi connectivity index (χ4n) is 1.22. The summed E-state index contributed by atoms with van der Waals surface area (Å²) in [5.74, 6) is 0. The van der Waals surface area contributed by atoms with Crippen molar-refractivity contribution in [2.45, 2.75) is 26.3 Å². The maximum absolute atomic E-state index is 11.1. The first-order valence-electron chi connectivity index (χ1n) is 4.39. The molecular weight excluding hydrogens is 212 g/mol. The molecule has 1 N–H and O–H groups in total. The van der Waals surface area contributed by atoms with Crippen molar-refractivity contribution in [1.82, 2.24) is 0 Å². The summed E-state index contributed by atoms with van der Waals surface area (Å²) < 4.78 is 0. The highest BCUT2D eigenvalue weighted by molar-refractivity contribution is 7.16. The number of anilines is 1. The Morgan fingerprint density at radius 1 is 1.53 bits per heavy atom. The quantitative estimate of drug-likeness (QED) is 0.797. The summed E-state index contributed by atoms with van der Waals surface area (Å²) in [5, 5.41) is 18.3. The molecule has 1 amide bonds. The molecule has 0 spiro atoms. The van der Waals surface area contributed by atoms with Crippen LogP contribution in [-0.4, -0.2) is 16.7 Å². The zero-order valence-electron chi connectivity index (χ0n) is 8.81. The van der Waals surface area contributed by atoms with Gasteiger partial charge in [0.2, 0.25) is 0 Å². The Hall–Kier alpha value is -1.54. The van der Waals surface area contributed by atoms with Gasteiger partial charge in [0.25, 0.3) is 0 Å². The van der Waals surface area contributed by atoms with E-state index in [2.05, 4.69) is 0 Å². The molecule has 0 aliphatic carbocycles. The first-order valence-corrected chi connectivity index (χ1v) is 5.21. The van der Waals surface area contributed by atoms with Gasteiger partial charge >= 0.3 is 6.09 Å². The summed E-state index contributed by atoms with van der Waals surface area (Å²) in [7, 11) is 0. The smallest absolute Gasteiger partial charge is 0.412 e. The largest absolute Gasteiger partial charge is 0.465 e. The van der Waals surface area contributed by atoms with Gasteiger partial charge in [-0.05, 0) is 32.9 Å². The molecule has 0 bridgehead atoms. The lowest BCUT2D eigenvalue weighted by molar-refractivity contribution is 0.196. The summed E-state index contributed by atoms with van der Waals surface area (Å²) in [5.41, 5.74) is -0.511. The molecule has 1 aromatic rings. The SMILES string of the molecule is CC(C)(C)N(C(=O)O)c1ccc(C#N)s1. The fourth-order valence-corrected chi connectivity index (χ4v) is 2.21. The zero-order valence-corrected chi connectivity index (χ0v) is 9.63. The van der Waals surface area contributed by atoms with Crippen molar-refractivity contribution in [3.05, 3.63) is 17.0 Å². The standard InChI is InChI=1S/C10H12N2O2S/c1-10(2,3)12(9(13)14)8-5-4-7(6-11)15-8/h4-5H,1-3H3,(H,13,14). The molecule has 0 aliphatic heterocycles. The van der Waals surface area contributed by atoms with E-state index in [-0.39, 0.29) is 0 Å². The molecule has 80 valence electrons. The van der Waals surface area contributed by atoms with Crippen molar-refractivity contribution in [3.8, 4) is 6.07 Å². The monoisotopic (exact) mass is 224 g/mol. The van der Waals surface area contributed by atoms with Gasteiger partial charge in [-0.1, -0.05) is 0 Å². The van der Waals surface area contributed by atoms with Crippen LogP contribution >= 0.6 is 11.3 Å². The van der Waals surface area contributed by atoms with E-state index < -0.39 is 11.6 Å². The number of amides is 1. The van der Waals surface area contributed by atoms with E-state index in [4.69, 9.17) is 10.4 Å². The molecule has 1 heterocycles.